The van der Waals surface area contributed by atoms with Gasteiger partial charge in [0.05, 0.1) is 0 Å². The van der Waals surface area contributed by atoms with Crippen LogP contribution in [0.4, 0.5) is 5.69 Å². The molecule has 0 aliphatic carbocycles. The van der Waals surface area contributed by atoms with Gasteiger partial charge in [-0.3, -0.25) is 15.5 Å². The van der Waals surface area contributed by atoms with Gasteiger partial charge in [0.25, 0.3) is 0 Å². The zero-order valence-electron chi connectivity index (χ0n) is 6.77. The third-order valence-electron chi connectivity index (χ3n) is 1.54. The lowest BCUT2D eigenvalue weighted by molar-refractivity contribution is -0.104. The molecule has 1 aromatic carbocycles. The minimum Gasteiger partial charge on any atom is -0.506 e. The van der Waals surface area contributed by atoms with Gasteiger partial charge < -0.3 is 5.11 Å². The number of carbonyl (C=O) groups excluding carboxylic acids is 1. The van der Waals surface area contributed by atoms with Crippen molar-refractivity contribution in [1.29, 1.82) is 0 Å². The molecule has 0 saturated heterocycles. The highest BCUT2D eigenvalue weighted by Gasteiger charge is 2.02. The Morgan fingerprint density at radius 3 is 2.77 bits per heavy atom. The molecule has 0 aromatic heterocycles. The highest BCUT2D eigenvalue weighted by molar-refractivity contribution is 5.79. The number of phenols is 1. The molecule has 0 spiro atoms. The van der Waals surface area contributed by atoms with Crippen LogP contribution in [0.3, 0.4) is 0 Å². The molecule has 0 heterocycles. The van der Waals surface area contributed by atoms with Crippen molar-refractivity contribution < 1.29 is 15.1 Å². The maximum Gasteiger partial charge on any atom is 0.142 e. The topological polar surface area (TPSA) is 69.6 Å². The average molecular weight is 179 g/mol. The van der Waals surface area contributed by atoms with Gasteiger partial charge in [-0.05, 0) is 18.2 Å². The van der Waals surface area contributed by atoms with Crippen LogP contribution in [0.15, 0.2) is 24.3 Å². The Labute approximate surface area is 75.1 Å². The number of nitrogens with one attached hydrogen (secondary N) is 1. The summed E-state index contributed by atoms with van der Waals surface area (Å²) in [5, 5.41) is 17.9. The van der Waals surface area contributed by atoms with Gasteiger partial charge in [0.1, 0.15) is 17.7 Å². The van der Waals surface area contributed by atoms with E-state index in [1.54, 1.807) is 12.1 Å². The van der Waals surface area contributed by atoms with Crippen LogP contribution < -0.4 is 5.48 Å². The fraction of sp³-hybridized carbons (Fsp3) is 0. The van der Waals surface area contributed by atoms with Crippen molar-refractivity contribution in [2.24, 2.45) is 0 Å². The van der Waals surface area contributed by atoms with Gasteiger partial charge in [0.15, 0.2) is 0 Å². The van der Waals surface area contributed by atoms with E-state index in [-0.39, 0.29) is 11.4 Å². The highest BCUT2D eigenvalue weighted by Crippen LogP contribution is 2.27. The van der Waals surface area contributed by atoms with E-state index < -0.39 is 0 Å². The van der Waals surface area contributed by atoms with Crippen molar-refractivity contribution in [1.82, 2.24) is 0 Å². The smallest absolute Gasteiger partial charge is 0.142 e. The minimum atomic E-state index is -0.0736. The lowest BCUT2D eigenvalue weighted by Gasteiger charge is -2.05. The largest absolute Gasteiger partial charge is 0.506 e. The summed E-state index contributed by atoms with van der Waals surface area (Å²) in [6, 6.07) is 4.69. The number of phenolic OH excluding ortho intramolecular Hbond substituents is 1. The zero-order valence-corrected chi connectivity index (χ0v) is 6.77. The second kappa shape index (κ2) is 4.27. The number of anilines is 1. The summed E-state index contributed by atoms with van der Waals surface area (Å²) in [6.07, 6.45) is 3.37. The molecular formula is C9H9NO3. The summed E-state index contributed by atoms with van der Waals surface area (Å²) in [7, 11) is 0. The Kier molecular flexibility index (Phi) is 3.05. The third kappa shape index (κ3) is 2.07. The molecule has 0 radical (unpaired) electrons. The molecule has 0 aliphatic heterocycles. The minimum absolute atomic E-state index is 0.0736. The molecular weight excluding hydrogens is 170 g/mol. The van der Waals surface area contributed by atoms with Crippen molar-refractivity contribution >= 4 is 18.0 Å². The van der Waals surface area contributed by atoms with Crippen molar-refractivity contribution in [2.45, 2.75) is 0 Å². The molecule has 68 valence electrons. The molecule has 3 N–H and O–H groups in total. The van der Waals surface area contributed by atoms with E-state index in [1.165, 1.54) is 18.2 Å². The highest BCUT2D eigenvalue weighted by atomic mass is 16.5. The molecule has 13 heavy (non-hydrogen) atoms. The average Bonchev–Trinajstić information content (AvgIpc) is 2.15. The van der Waals surface area contributed by atoms with Gasteiger partial charge in [-0.2, -0.15) is 0 Å². The maximum absolute atomic E-state index is 10.0. The number of carbonyl (C=O) groups is 1. The maximum atomic E-state index is 10.0. The molecule has 4 nitrogen and oxygen atoms in total. The van der Waals surface area contributed by atoms with Crippen LogP contribution in [0, 0.1) is 0 Å². The van der Waals surface area contributed by atoms with Gasteiger partial charge >= 0.3 is 0 Å². The predicted molar refractivity (Wildman–Crippen MR) is 48.6 cm³/mol. The lowest BCUT2D eigenvalue weighted by Crippen LogP contribution is -1.92. The summed E-state index contributed by atoms with van der Waals surface area (Å²) in [5.74, 6) is -0.0736. The quantitative estimate of drug-likeness (QED) is 0.284. The van der Waals surface area contributed by atoms with E-state index in [1.807, 2.05) is 5.48 Å². The van der Waals surface area contributed by atoms with E-state index in [2.05, 4.69) is 0 Å². The first-order chi connectivity index (χ1) is 6.29. The number of aromatic hydroxyl groups is 1. The van der Waals surface area contributed by atoms with Crippen LogP contribution in [0.25, 0.3) is 6.08 Å². The monoisotopic (exact) mass is 179 g/mol. The number of benzene rings is 1. The van der Waals surface area contributed by atoms with Gasteiger partial charge in [0.2, 0.25) is 0 Å². The SMILES string of the molecule is O=CC=Cc1cccc(O)c1NO. The molecule has 0 unspecified atom stereocenters. The molecule has 0 aliphatic rings. The Bertz CT molecular complexity index is 334. The summed E-state index contributed by atoms with van der Waals surface area (Å²) in [6.45, 7) is 0. The molecule has 1 aromatic rings. The summed E-state index contributed by atoms with van der Waals surface area (Å²) >= 11 is 0. The molecule has 4 heteroatoms. The summed E-state index contributed by atoms with van der Waals surface area (Å²) < 4.78 is 0. The third-order valence-corrected chi connectivity index (χ3v) is 1.54. The number of hydrogen-bond acceptors (Lipinski definition) is 4. The molecule has 0 saturated carbocycles. The predicted octanol–water partition coefficient (Wildman–Crippen LogP) is 1.41. The number of allylic oxidation sites excluding steroid dienone is 1. The van der Waals surface area contributed by atoms with Crippen molar-refractivity contribution in [2.75, 3.05) is 5.48 Å². The second-order valence-electron chi connectivity index (χ2n) is 2.35. The van der Waals surface area contributed by atoms with E-state index >= 15 is 0 Å². The molecule has 0 amide bonds. The number of rotatable bonds is 3. The van der Waals surface area contributed by atoms with E-state index in [0.717, 1.165) is 0 Å². The lowest BCUT2D eigenvalue weighted by atomic mass is 10.1. The van der Waals surface area contributed by atoms with Crippen molar-refractivity contribution in [3.63, 3.8) is 0 Å². The van der Waals surface area contributed by atoms with Crippen LogP contribution in [0.1, 0.15) is 5.56 Å². The summed E-state index contributed by atoms with van der Waals surface area (Å²) in [4.78, 5) is 10.0. The van der Waals surface area contributed by atoms with Crippen LogP contribution in [-0.2, 0) is 4.79 Å². The standard InChI is InChI=1S/C9H9NO3/c11-6-2-4-7-3-1-5-8(12)9(7)10-13/h1-6,10,12-13H. The first-order valence-corrected chi connectivity index (χ1v) is 3.63. The van der Waals surface area contributed by atoms with Gasteiger partial charge in [0, 0.05) is 5.56 Å². The Balaban J connectivity index is 3.12. The first-order valence-electron chi connectivity index (χ1n) is 3.63. The second-order valence-corrected chi connectivity index (χ2v) is 2.35. The Morgan fingerprint density at radius 1 is 1.38 bits per heavy atom. The van der Waals surface area contributed by atoms with Crippen LogP contribution >= 0.6 is 0 Å². The van der Waals surface area contributed by atoms with E-state index in [9.17, 15) is 9.90 Å². The van der Waals surface area contributed by atoms with Gasteiger partial charge in [-0.25, -0.2) is 0 Å². The number of hydrogen-bond donors (Lipinski definition) is 3. The fourth-order valence-corrected chi connectivity index (χ4v) is 0.961. The molecule has 0 atom stereocenters. The van der Waals surface area contributed by atoms with Gasteiger partial charge in [-0.15, -0.1) is 0 Å². The zero-order chi connectivity index (χ0) is 9.68. The number of para-hydroxylation sites is 1. The fourth-order valence-electron chi connectivity index (χ4n) is 0.961. The van der Waals surface area contributed by atoms with Crippen molar-refractivity contribution in [3.05, 3.63) is 29.8 Å². The van der Waals surface area contributed by atoms with Crippen LogP contribution in [-0.4, -0.2) is 16.6 Å². The van der Waals surface area contributed by atoms with Crippen LogP contribution in [0.2, 0.25) is 0 Å². The van der Waals surface area contributed by atoms with Gasteiger partial charge in [-0.1, -0.05) is 12.1 Å². The van der Waals surface area contributed by atoms with Crippen molar-refractivity contribution in [3.8, 4) is 5.75 Å². The molecule has 1 rings (SSSR count). The van der Waals surface area contributed by atoms with E-state index in [0.29, 0.717) is 11.8 Å². The normalized spacial score (nSPS) is 10.2. The molecule has 0 fully saturated rings. The summed E-state index contributed by atoms with van der Waals surface area (Å²) in [5.41, 5.74) is 2.57. The molecule has 0 bridgehead atoms. The Morgan fingerprint density at radius 2 is 2.15 bits per heavy atom. The van der Waals surface area contributed by atoms with E-state index in [4.69, 9.17) is 5.21 Å². The Hall–Kier alpha value is -1.81. The first kappa shape index (κ1) is 9.28. The van der Waals surface area contributed by atoms with Crippen LogP contribution in [0.5, 0.6) is 5.75 Å². The number of aldehydes is 1.